The van der Waals surface area contributed by atoms with Crippen molar-refractivity contribution < 1.29 is 26.3 Å². The van der Waals surface area contributed by atoms with Crippen LogP contribution in [0, 0.1) is 11.6 Å². The maximum Gasteiger partial charge on any atom is 0.211 e. The van der Waals surface area contributed by atoms with Crippen LogP contribution in [0.5, 0.6) is 5.75 Å². The molecule has 0 saturated heterocycles. The summed E-state index contributed by atoms with van der Waals surface area (Å²) in [6, 6.07) is 9.10. The molecular formula is C19H22F3NO3S. The van der Waals surface area contributed by atoms with Crippen LogP contribution in [0.1, 0.15) is 31.4 Å². The second-order valence-electron chi connectivity index (χ2n) is 6.43. The molecule has 1 unspecified atom stereocenters. The van der Waals surface area contributed by atoms with Crippen molar-refractivity contribution in [3.63, 3.8) is 0 Å². The molecule has 2 aromatic carbocycles. The van der Waals surface area contributed by atoms with E-state index in [1.54, 1.807) is 6.92 Å². The van der Waals surface area contributed by atoms with Gasteiger partial charge in [-0.2, -0.15) is 0 Å². The summed E-state index contributed by atoms with van der Waals surface area (Å²) in [6.45, 7) is 2.59. The summed E-state index contributed by atoms with van der Waals surface area (Å²) < 4.78 is 72.2. The minimum Gasteiger partial charge on any atom is -0.489 e. The minimum absolute atomic E-state index is 0.0439. The number of hydrogen-bond acceptors (Lipinski definition) is 3. The van der Waals surface area contributed by atoms with E-state index in [1.165, 1.54) is 43.3 Å². The Labute approximate surface area is 157 Å². The summed E-state index contributed by atoms with van der Waals surface area (Å²) in [5.41, 5.74) is -1.28. The third-order valence-corrected chi connectivity index (χ3v) is 5.41. The van der Waals surface area contributed by atoms with Gasteiger partial charge in [-0.15, -0.1) is 0 Å². The van der Waals surface area contributed by atoms with Gasteiger partial charge in [-0.05, 0) is 48.7 Å². The van der Waals surface area contributed by atoms with Gasteiger partial charge in [0.15, 0.2) is 0 Å². The van der Waals surface area contributed by atoms with E-state index >= 15 is 0 Å². The maximum absolute atomic E-state index is 14.8. The van der Waals surface area contributed by atoms with Crippen LogP contribution in [0.15, 0.2) is 42.5 Å². The van der Waals surface area contributed by atoms with Crippen LogP contribution in [0.4, 0.5) is 13.2 Å². The van der Waals surface area contributed by atoms with Crippen LogP contribution in [0.2, 0.25) is 0 Å². The number of nitrogens with one attached hydrogen (secondary N) is 1. The van der Waals surface area contributed by atoms with E-state index < -0.39 is 27.3 Å². The van der Waals surface area contributed by atoms with E-state index in [2.05, 4.69) is 4.72 Å². The lowest BCUT2D eigenvalue weighted by Crippen LogP contribution is -2.36. The van der Waals surface area contributed by atoms with Gasteiger partial charge in [0.05, 0.1) is 5.75 Å². The molecule has 2 rings (SSSR count). The Morgan fingerprint density at radius 3 is 2.22 bits per heavy atom. The number of alkyl halides is 1. The van der Waals surface area contributed by atoms with Crippen molar-refractivity contribution in [1.82, 2.24) is 4.72 Å². The molecule has 0 aliphatic rings. The molecule has 0 spiro atoms. The number of rotatable bonds is 9. The Morgan fingerprint density at radius 2 is 1.67 bits per heavy atom. The summed E-state index contributed by atoms with van der Waals surface area (Å²) in [5, 5.41) is 0. The van der Waals surface area contributed by atoms with Crippen molar-refractivity contribution in [2.24, 2.45) is 0 Å². The van der Waals surface area contributed by atoms with Crippen molar-refractivity contribution in [3.05, 3.63) is 65.2 Å². The molecule has 1 atom stereocenters. The summed E-state index contributed by atoms with van der Waals surface area (Å²) in [4.78, 5) is 0. The first-order valence-electron chi connectivity index (χ1n) is 8.46. The molecule has 0 aromatic heterocycles. The van der Waals surface area contributed by atoms with E-state index in [1.807, 2.05) is 0 Å². The minimum atomic E-state index is -3.50. The van der Waals surface area contributed by atoms with Crippen molar-refractivity contribution in [2.75, 3.05) is 12.3 Å². The van der Waals surface area contributed by atoms with Crippen molar-refractivity contribution in [2.45, 2.75) is 32.5 Å². The Balaban J connectivity index is 1.99. The van der Waals surface area contributed by atoms with E-state index in [4.69, 9.17) is 4.74 Å². The molecule has 0 aliphatic carbocycles. The van der Waals surface area contributed by atoms with Gasteiger partial charge in [-0.25, -0.2) is 26.3 Å². The standard InChI is InChI=1S/C19H22F3NO3S/c1-3-8-27(24,25)23-13-19(2,22)15-4-6-18(7-5-15)26-12-14-9-16(20)11-17(21)10-14/h4-7,9-11,23H,3,8,12-13H2,1-2H3. The third kappa shape index (κ3) is 6.55. The first-order valence-corrected chi connectivity index (χ1v) is 10.1. The summed E-state index contributed by atoms with van der Waals surface area (Å²) in [7, 11) is -3.50. The highest BCUT2D eigenvalue weighted by molar-refractivity contribution is 7.89. The molecule has 1 N–H and O–H groups in total. The molecule has 8 heteroatoms. The quantitative estimate of drug-likeness (QED) is 0.690. The van der Waals surface area contributed by atoms with Crippen LogP contribution in [-0.2, 0) is 22.3 Å². The molecule has 0 radical (unpaired) electrons. The van der Waals surface area contributed by atoms with E-state index in [0.717, 1.165) is 6.07 Å². The molecule has 148 valence electrons. The average molecular weight is 401 g/mol. The fourth-order valence-electron chi connectivity index (χ4n) is 2.45. The Morgan fingerprint density at radius 1 is 1.07 bits per heavy atom. The fraction of sp³-hybridized carbons (Fsp3) is 0.368. The fourth-order valence-corrected chi connectivity index (χ4v) is 3.62. The van der Waals surface area contributed by atoms with Crippen LogP contribution in [0.25, 0.3) is 0 Å². The summed E-state index contributed by atoms with van der Waals surface area (Å²) in [6.07, 6.45) is 0.444. The molecule has 0 fully saturated rings. The van der Waals surface area contributed by atoms with Crippen LogP contribution in [-0.4, -0.2) is 20.7 Å². The highest BCUT2D eigenvalue weighted by atomic mass is 32.2. The van der Waals surface area contributed by atoms with E-state index in [-0.39, 0.29) is 24.5 Å². The lowest BCUT2D eigenvalue weighted by Gasteiger charge is -2.21. The zero-order valence-corrected chi connectivity index (χ0v) is 16.0. The van der Waals surface area contributed by atoms with Gasteiger partial charge >= 0.3 is 0 Å². The molecule has 0 bridgehead atoms. The van der Waals surface area contributed by atoms with Crippen molar-refractivity contribution in [1.29, 1.82) is 0 Å². The smallest absolute Gasteiger partial charge is 0.211 e. The van der Waals surface area contributed by atoms with Crippen molar-refractivity contribution >= 4 is 10.0 Å². The Hall–Kier alpha value is -2.06. The monoisotopic (exact) mass is 401 g/mol. The van der Waals surface area contributed by atoms with Gasteiger partial charge < -0.3 is 4.74 Å². The van der Waals surface area contributed by atoms with Gasteiger partial charge in [-0.1, -0.05) is 19.1 Å². The molecule has 27 heavy (non-hydrogen) atoms. The molecular weight excluding hydrogens is 379 g/mol. The number of hydrogen-bond donors (Lipinski definition) is 1. The highest BCUT2D eigenvalue weighted by Crippen LogP contribution is 2.27. The Kier molecular flexibility index (Phi) is 6.89. The largest absolute Gasteiger partial charge is 0.489 e. The summed E-state index contributed by atoms with van der Waals surface area (Å²) >= 11 is 0. The van der Waals surface area contributed by atoms with Gasteiger partial charge in [0.25, 0.3) is 0 Å². The van der Waals surface area contributed by atoms with E-state index in [9.17, 15) is 21.6 Å². The molecule has 0 heterocycles. The normalized spacial score (nSPS) is 14.0. The summed E-state index contributed by atoms with van der Waals surface area (Å²) in [5.74, 6) is -1.05. The number of benzene rings is 2. The van der Waals surface area contributed by atoms with Gasteiger partial charge in [0.1, 0.15) is 29.7 Å². The SMILES string of the molecule is CCCS(=O)(=O)NCC(C)(F)c1ccc(OCc2cc(F)cc(F)c2)cc1. The highest BCUT2D eigenvalue weighted by Gasteiger charge is 2.27. The van der Waals surface area contributed by atoms with Crippen molar-refractivity contribution in [3.8, 4) is 5.75 Å². The maximum atomic E-state index is 14.8. The van der Waals surface area contributed by atoms with Crippen LogP contribution < -0.4 is 9.46 Å². The topological polar surface area (TPSA) is 55.4 Å². The lowest BCUT2D eigenvalue weighted by atomic mass is 9.98. The number of halogens is 3. The zero-order valence-electron chi connectivity index (χ0n) is 15.1. The second-order valence-corrected chi connectivity index (χ2v) is 8.35. The first kappa shape index (κ1) is 21.2. The zero-order chi connectivity index (χ0) is 20.1. The molecule has 4 nitrogen and oxygen atoms in total. The van der Waals surface area contributed by atoms with Crippen LogP contribution in [0.3, 0.4) is 0 Å². The predicted molar refractivity (Wildman–Crippen MR) is 97.7 cm³/mol. The average Bonchev–Trinajstić information content (AvgIpc) is 2.58. The first-order chi connectivity index (χ1) is 12.6. The Bertz CT molecular complexity index is 848. The van der Waals surface area contributed by atoms with Gasteiger partial charge in [0, 0.05) is 12.6 Å². The molecule has 0 amide bonds. The van der Waals surface area contributed by atoms with E-state index in [0.29, 0.717) is 17.7 Å². The van der Waals surface area contributed by atoms with Gasteiger partial charge in [0.2, 0.25) is 10.0 Å². The number of sulfonamides is 1. The van der Waals surface area contributed by atoms with Crippen LogP contribution >= 0.6 is 0 Å². The number of ether oxygens (including phenoxy) is 1. The van der Waals surface area contributed by atoms with Gasteiger partial charge in [-0.3, -0.25) is 0 Å². The molecule has 0 aliphatic heterocycles. The lowest BCUT2D eigenvalue weighted by molar-refractivity contribution is 0.196. The molecule has 0 saturated carbocycles. The second kappa shape index (κ2) is 8.75. The molecule has 2 aromatic rings. The predicted octanol–water partition coefficient (Wildman–Crippen LogP) is 4.06. The third-order valence-electron chi connectivity index (χ3n) is 3.88.